The maximum Gasteiger partial charge on any atom is 0.411 e. The normalized spacial score (nSPS) is 14.6. The highest BCUT2D eigenvalue weighted by atomic mass is 79.9. The van der Waals surface area contributed by atoms with Gasteiger partial charge in [-0.25, -0.2) is 4.79 Å². The van der Waals surface area contributed by atoms with Gasteiger partial charge in [0.2, 0.25) is 0 Å². The number of nitrogens with one attached hydrogen (secondary N) is 1. The van der Waals surface area contributed by atoms with Gasteiger partial charge in [-0.3, -0.25) is 10.2 Å². The van der Waals surface area contributed by atoms with Crippen molar-refractivity contribution in [2.24, 2.45) is 0 Å². The highest BCUT2D eigenvalue weighted by molar-refractivity contribution is 5.91. The minimum atomic E-state index is -0.379. The van der Waals surface area contributed by atoms with E-state index in [0.717, 1.165) is 66.9 Å². The summed E-state index contributed by atoms with van der Waals surface area (Å²) in [5.74, 6) is 0. The molecule has 1 fully saturated rings. The number of piperidine rings is 1. The van der Waals surface area contributed by atoms with Crippen molar-refractivity contribution in [3.8, 4) is 11.1 Å². The zero-order valence-electron chi connectivity index (χ0n) is 21.6. The molecule has 1 saturated heterocycles. The molecule has 1 heterocycles. The summed E-state index contributed by atoms with van der Waals surface area (Å²) in [6.07, 6.45) is 1.28. The number of rotatable bonds is 8. The number of anilines is 1. The van der Waals surface area contributed by atoms with E-state index in [2.05, 4.69) is 55.5 Å². The van der Waals surface area contributed by atoms with Crippen LogP contribution in [0.5, 0.6) is 0 Å². The van der Waals surface area contributed by atoms with Gasteiger partial charge in [0, 0.05) is 30.8 Å². The fourth-order valence-corrected chi connectivity index (χ4v) is 4.55. The van der Waals surface area contributed by atoms with Gasteiger partial charge in [0.25, 0.3) is 0 Å². The van der Waals surface area contributed by atoms with E-state index in [9.17, 15) is 4.79 Å². The van der Waals surface area contributed by atoms with Crippen LogP contribution in [0.25, 0.3) is 11.1 Å². The van der Waals surface area contributed by atoms with Crippen LogP contribution in [0.2, 0.25) is 0 Å². The molecule has 0 aliphatic carbocycles. The number of hydrogen-bond acceptors (Lipinski definition) is 3. The predicted molar refractivity (Wildman–Crippen MR) is 143 cm³/mol. The first-order valence-corrected chi connectivity index (χ1v) is 12.7. The van der Waals surface area contributed by atoms with Crippen molar-refractivity contribution < 1.29 is 31.0 Å². The molecule has 3 aromatic carbocycles. The van der Waals surface area contributed by atoms with Crippen LogP contribution in [0, 0.1) is 0 Å². The summed E-state index contributed by atoms with van der Waals surface area (Å²) in [6.45, 7) is 7.21. The Kier molecular flexibility index (Phi) is 10.1. The number of benzene rings is 3. The van der Waals surface area contributed by atoms with Gasteiger partial charge >= 0.3 is 6.09 Å². The van der Waals surface area contributed by atoms with E-state index in [1.54, 1.807) is 0 Å². The lowest BCUT2D eigenvalue weighted by molar-refractivity contribution is -0.901. The van der Waals surface area contributed by atoms with Gasteiger partial charge in [0.1, 0.15) is 12.6 Å². The average Bonchev–Trinajstić information content (AvgIpc) is 2.87. The molecule has 3 aromatic rings. The number of nitrogens with zero attached hydrogens (tertiary/aromatic N) is 2. The molecule has 0 unspecified atom stereocenters. The Balaban J connectivity index is 0.00000361. The summed E-state index contributed by atoms with van der Waals surface area (Å²) in [7, 11) is 4.53. The second kappa shape index (κ2) is 13.0. The molecule has 0 atom stereocenters. The van der Waals surface area contributed by atoms with E-state index >= 15 is 0 Å². The number of para-hydroxylation sites is 1. The third-order valence-corrected chi connectivity index (χ3v) is 6.95. The number of likely N-dealkylation sites (tertiary alicyclic amines) is 1. The second-order valence-electron chi connectivity index (χ2n) is 10.1. The SMILES string of the molecule is CC[N+](C)(C)Cc1ccc(CN2CCC(OC(=O)Nc3ccccc3-c3ccccc3)CC2)cc1.[Br-]. The monoisotopic (exact) mass is 551 g/mol. The minimum absolute atomic E-state index is 0. The Morgan fingerprint density at radius 2 is 1.53 bits per heavy atom. The van der Waals surface area contributed by atoms with Crippen LogP contribution in [-0.2, 0) is 17.8 Å². The third-order valence-electron chi connectivity index (χ3n) is 6.95. The van der Waals surface area contributed by atoms with E-state index in [1.807, 2.05) is 54.6 Å². The van der Waals surface area contributed by atoms with Crippen molar-refractivity contribution in [3.05, 3.63) is 90.0 Å². The van der Waals surface area contributed by atoms with E-state index in [4.69, 9.17) is 4.74 Å². The highest BCUT2D eigenvalue weighted by Gasteiger charge is 2.23. The Morgan fingerprint density at radius 3 is 2.19 bits per heavy atom. The number of carbonyl (C=O) groups excluding carboxylic acids is 1. The molecule has 36 heavy (non-hydrogen) atoms. The van der Waals surface area contributed by atoms with Crippen LogP contribution >= 0.6 is 0 Å². The molecule has 0 radical (unpaired) electrons. The van der Waals surface area contributed by atoms with Gasteiger partial charge in [-0.2, -0.15) is 0 Å². The Hall–Kier alpha value is -2.67. The second-order valence-corrected chi connectivity index (χ2v) is 10.1. The van der Waals surface area contributed by atoms with Gasteiger partial charge in [-0.1, -0.05) is 72.8 Å². The first kappa shape index (κ1) is 27.9. The van der Waals surface area contributed by atoms with E-state index in [-0.39, 0.29) is 29.2 Å². The first-order valence-electron chi connectivity index (χ1n) is 12.7. The van der Waals surface area contributed by atoms with Gasteiger partial charge in [0.15, 0.2) is 0 Å². The molecule has 1 amide bonds. The molecule has 5 nitrogen and oxygen atoms in total. The van der Waals surface area contributed by atoms with E-state index in [0.29, 0.717) is 0 Å². The lowest BCUT2D eigenvalue weighted by Crippen LogP contribution is -3.00. The fraction of sp³-hybridized carbons (Fsp3) is 0.367. The number of ether oxygens (including phenoxy) is 1. The lowest BCUT2D eigenvalue weighted by atomic mass is 10.0. The molecule has 1 aliphatic heterocycles. The third kappa shape index (κ3) is 7.92. The topological polar surface area (TPSA) is 41.6 Å². The summed E-state index contributed by atoms with van der Waals surface area (Å²) in [5, 5.41) is 2.96. The molecule has 4 rings (SSSR count). The predicted octanol–water partition coefficient (Wildman–Crippen LogP) is 3.17. The van der Waals surface area contributed by atoms with Crippen molar-refractivity contribution in [3.63, 3.8) is 0 Å². The van der Waals surface area contributed by atoms with Crippen molar-refractivity contribution in [2.45, 2.75) is 39.0 Å². The molecular weight excluding hydrogens is 514 g/mol. The maximum atomic E-state index is 12.6. The summed E-state index contributed by atoms with van der Waals surface area (Å²) < 4.78 is 6.78. The number of amides is 1. The van der Waals surface area contributed by atoms with Crippen molar-refractivity contribution >= 4 is 11.8 Å². The van der Waals surface area contributed by atoms with Crippen LogP contribution in [-0.4, -0.2) is 55.3 Å². The number of hydrogen-bond donors (Lipinski definition) is 1. The van der Waals surface area contributed by atoms with E-state index < -0.39 is 0 Å². The molecule has 1 aliphatic rings. The smallest absolute Gasteiger partial charge is 0.411 e. The highest BCUT2D eigenvalue weighted by Crippen LogP contribution is 2.28. The Labute approximate surface area is 226 Å². The molecule has 0 saturated carbocycles. The number of halogens is 1. The van der Waals surface area contributed by atoms with Gasteiger partial charge in [-0.15, -0.1) is 0 Å². The largest absolute Gasteiger partial charge is 1.00 e. The van der Waals surface area contributed by atoms with Crippen molar-refractivity contribution in [2.75, 3.05) is 39.0 Å². The molecular formula is C30H38BrN3O2. The standard InChI is InChI=1S/C30H37N3O2.BrH/c1-4-33(2,3)23-25-16-14-24(15-17-25)22-32-20-18-27(19-21-32)35-30(34)31-29-13-9-8-12-28(29)26-10-6-5-7-11-26;/h5-17,27H,4,18-23H2,1-3H3;1H. The van der Waals surface area contributed by atoms with Gasteiger partial charge < -0.3 is 26.2 Å². The Morgan fingerprint density at radius 1 is 0.917 bits per heavy atom. The summed E-state index contributed by atoms with van der Waals surface area (Å²) in [6, 6.07) is 26.9. The molecule has 192 valence electrons. The quantitative estimate of drug-likeness (QED) is 0.437. The van der Waals surface area contributed by atoms with Crippen molar-refractivity contribution in [1.82, 2.24) is 4.90 Å². The van der Waals surface area contributed by atoms with Gasteiger partial charge in [-0.05, 0) is 37.0 Å². The minimum Gasteiger partial charge on any atom is -1.00 e. The fourth-order valence-electron chi connectivity index (χ4n) is 4.55. The molecule has 0 spiro atoms. The maximum absolute atomic E-state index is 12.6. The molecule has 6 heteroatoms. The number of quaternary nitrogens is 1. The van der Waals surface area contributed by atoms with Gasteiger partial charge in [0.05, 0.1) is 26.3 Å². The average molecular weight is 553 g/mol. The summed E-state index contributed by atoms with van der Waals surface area (Å²) >= 11 is 0. The number of carbonyl (C=O) groups is 1. The van der Waals surface area contributed by atoms with Crippen LogP contribution in [0.15, 0.2) is 78.9 Å². The van der Waals surface area contributed by atoms with Crippen LogP contribution in [0.4, 0.5) is 10.5 Å². The zero-order valence-corrected chi connectivity index (χ0v) is 23.2. The van der Waals surface area contributed by atoms with Crippen molar-refractivity contribution in [1.29, 1.82) is 0 Å². The summed E-state index contributed by atoms with van der Waals surface area (Å²) in [4.78, 5) is 15.1. The van der Waals surface area contributed by atoms with Crippen LogP contribution in [0.3, 0.4) is 0 Å². The first-order chi connectivity index (χ1) is 16.9. The molecule has 0 aromatic heterocycles. The molecule has 0 bridgehead atoms. The Bertz CT molecular complexity index is 1090. The van der Waals surface area contributed by atoms with Crippen LogP contribution in [0.1, 0.15) is 30.9 Å². The summed E-state index contributed by atoms with van der Waals surface area (Å²) in [5.41, 5.74) is 5.55. The lowest BCUT2D eigenvalue weighted by Gasteiger charge is -2.31. The van der Waals surface area contributed by atoms with E-state index in [1.165, 1.54) is 11.1 Å². The zero-order chi connectivity index (χ0) is 24.7. The van der Waals surface area contributed by atoms with Crippen LogP contribution < -0.4 is 22.3 Å². The molecule has 1 N–H and O–H groups in total.